The van der Waals surface area contributed by atoms with Crippen molar-refractivity contribution in [1.29, 1.82) is 0 Å². The number of rotatable bonds is 2. The molecular formula is C18H15F5N4O3. The molecule has 2 aliphatic rings. The number of carbonyl (C=O) groups is 2. The molecule has 1 aliphatic carbocycles. The van der Waals surface area contributed by atoms with Crippen LogP contribution in [0.3, 0.4) is 0 Å². The fourth-order valence-corrected chi connectivity index (χ4v) is 3.80. The molecule has 7 nitrogen and oxygen atoms in total. The Labute approximate surface area is 166 Å². The topological polar surface area (TPSA) is 99.2 Å². The number of ether oxygens (including phenoxy) is 1. The number of fused-ring (bicyclic) bond motifs is 2. The maximum atomic E-state index is 14.0. The van der Waals surface area contributed by atoms with Crippen LogP contribution in [0.4, 0.5) is 27.6 Å². The summed E-state index contributed by atoms with van der Waals surface area (Å²) >= 11 is 0. The summed E-state index contributed by atoms with van der Waals surface area (Å²) in [5.41, 5.74) is 4.85. The van der Waals surface area contributed by atoms with Crippen molar-refractivity contribution in [2.45, 2.75) is 31.5 Å². The van der Waals surface area contributed by atoms with Crippen LogP contribution in [0.1, 0.15) is 34.2 Å². The summed E-state index contributed by atoms with van der Waals surface area (Å²) in [5.74, 6) is -5.67. The summed E-state index contributed by atoms with van der Waals surface area (Å²) < 4.78 is 73.5. The lowest BCUT2D eigenvalue weighted by Crippen LogP contribution is -2.33. The molecule has 2 heterocycles. The van der Waals surface area contributed by atoms with E-state index in [-0.39, 0.29) is 41.2 Å². The van der Waals surface area contributed by atoms with Gasteiger partial charge < -0.3 is 15.8 Å². The largest absolute Gasteiger partial charge is 0.488 e. The summed E-state index contributed by atoms with van der Waals surface area (Å²) in [6.45, 7) is -0.406. The van der Waals surface area contributed by atoms with E-state index >= 15 is 0 Å². The number of hydrogen-bond acceptors (Lipinski definition) is 4. The van der Waals surface area contributed by atoms with Gasteiger partial charge in [0.05, 0.1) is 5.92 Å². The molecule has 1 aromatic carbocycles. The molecule has 0 saturated heterocycles. The Balaban J connectivity index is 1.73. The van der Waals surface area contributed by atoms with E-state index in [1.165, 1.54) is 0 Å². The van der Waals surface area contributed by atoms with E-state index in [9.17, 15) is 31.5 Å². The normalized spacial score (nSPS) is 21.2. The highest BCUT2D eigenvalue weighted by Gasteiger charge is 2.44. The number of hydrogen-bond donors (Lipinski definition) is 2. The fraction of sp³-hybridized carbons (Fsp3) is 0.389. The molecule has 2 aromatic rings. The average molecular weight is 430 g/mol. The number of amides is 2. The first kappa shape index (κ1) is 20.1. The van der Waals surface area contributed by atoms with Gasteiger partial charge in [-0.3, -0.25) is 14.3 Å². The van der Waals surface area contributed by atoms with Crippen molar-refractivity contribution in [3.63, 3.8) is 0 Å². The van der Waals surface area contributed by atoms with Gasteiger partial charge in [-0.05, 0) is 19.3 Å². The van der Waals surface area contributed by atoms with E-state index in [2.05, 4.69) is 10.4 Å². The number of primary amides is 1. The lowest BCUT2D eigenvalue weighted by Gasteiger charge is -2.26. The molecule has 2 amide bonds. The van der Waals surface area contributed by atoms with Crippen LogP contribution >= 0.6 is 0 Å². The van der Waals surface area contributed by atoms with E-state index in [4.69, 9.17) is 10.5 Å². The summed E-state index contributed by atoms with van der Waals surface area (Å²) in [5, 5.41) is 6.27. The first-order valence-electron chi connectivity index (χ1n) is 8.95. The molecule has 1 unspecified atom stereocenters. The van der Waals surface area contributed by atoms with Crippen molar-refractivity contribution in [3.8, 4) is 5.75 Å². The van der Waals surface area contributed by atoms with Crippen LogP contribution in [0, 0.1) is 17.6 Å². The lowest BCUT2D eigenvalue weighted by atomic mass is 9.85. The van der Waals surface area contributed by atoms with E-state index in [0.717, 1.165) is 10.7 Å². The van der Waals surface area contributed by atoms with Gasteiger partial charge in [-0.15, -0.1) is 0 Å². The third-order valence-corrected chi connectivity index (χ3v) is 5.26. The Kier molecular flexibility index (Phi) is 4.66. The molecule has 160 valence electrons. The number of nitrogens with two attached hydrogens (primary N) is 1. The van der Waals surface area contributed by atoms with Crippen molar-refractivity contribution < 1.29 is 36.3 Å². The third-order valence-electron chi connectivity index (χ3n) is 5.26. The predicted molar refractivity (Wildman–Crippen MR) is 91.8 cm³/mol. The van der Waals surface area contributed by atoms with Gasteiger partial charge in [-0.1, -0.05) is 0 Å². The molecule has 3 N–H and O–H groups in total. The van der Waals surface area contributed by atoms with E-state index < -0.39 is 54.6 Å². The highest BCUT2D eigenvalue weighted by atomic mass is 19.4. The molecular weight excluding hydrogens is 415 g/mol. The van der Waals surface area contributed by atoms with Crippen molar-refractivity contribution in [2.24, 2.45) is 11.7 Å². The number of anilines is 1. The SMILES string of the molecule is NC(=O)c1nn([C@H]2COc3cc(F)cc(F)c3NC2=O)c2c1CC(C(F)(F)F)CC2. The van der Waals surface area contributed by atoms with Crippen LogP contribution in [0.5, 0.6) is 5.75 Å². The van der Waals surface area contributed by atoms with Crippen LogP contribution in [0.15, 0.2) is 12.1 Å². The number of benzene rings is 1. The summed E-state index contributed by atoms with van der Waals surface area (Å²) in [4.78, 5) is 24.5. The Morgan fingerprint density at radius 2 is 2.03 bits per heavy atom. The van der Waals surface area contributed by atoms with Gasteiger partial charge in [-0.2, -0.15) is 18.3 Å². The molecule has 0 saturated carbocycles. The number of nitrogens with zero attached hydrogens (tertiary/aromatic N) is 2. The molecule has 0 bridgehead atoms. The van der Waals surface area contributed by atoms with Crippen LogP contribution in [-0.2, 0) is 17.6 Å². The van der Waals surface area contributed by atoms with E-state index in [1.54, 1.807) is 0 Å². The lowest BCUT2D eigenvalue weighted by molar-refractivity contribution is -0.177. The minimum Gasteiger partial charge on any atom is -0.488 e. The predicted octanol–water partition coefficient (Wildman–Crippen LogP) is 2.50. The number of alkyl halides is 3. The maximum Gasteiger partial charge on any atom is 0.392 e. The van der Waals surface area contributed by atoms with Gasteiger partial charge in [-0.25, -0.2) is 8.78 Å². The molecule has 0 radical (unpaired) electrons. The van der Waals surface area contributed by atoms with Crippen molar-refractivity contribution in [1.82, 2.24) is 9.78 Å². The van der Waals surface area contributed by atoms with Crippen LogP contribution in [0.2, 0.25) is 0 Å². The quantitative estimate of drug-likeness (QED) is 0.716. The van der Waals surface area contributed by atoms with Gasteiger partial charge in [0.1, 0.15) is 23.9 Å². The van der Waals surface area contributed by atoms with Gasteiger partial charge in [0.25, 0.3) is 11.8 Å². The van der Waals surface area contributed by atoms with Crippen LogP contribution in [0.25, 0.3) is 0 Å². The van der Waals surface area contributed by atoms with Gasteiger partial charge in [0, 0.05) is 23.4 Å². The summed E-state index contributed by atoms with van der Waals surface area (Å²) in [6, 6.07) is 0.229. The number of carbonyl (C=O) groups excluding carboxylic acids is 2. The minimum absolute atomic E-state index is 0.0304. The van der Waals surface area contributed by atoms with E-state index in [0.29, 0.717) is 6.07 Å². The van der Waals surface area contributed by atoms with Crippen LogP contribution in [-0.4, -0.2) is 34.4 Å². The molecule has 0 spiro atoms. The second-order valence-corrected chi connectivity index (χ2v) is 7.14. The van der Waals surface area contributed by atoms with Crippen molar-refractivity contribution >= 4 is 17.5 Å². The molecule has 1 aliphatic heterocycles. The minimum atomic E-state index is -4.46. The summed E-state index contributed by atoms with van der Waals surface area (Å²) in [7, 11) is 0. The number of halogens is 5. The molecule has 4 rings (SSSR count). The van der Waals surface area contributed by atoms with Crippen LogP contribution < -0.4 is 15.8 Å². The smallest absolute Gasteiger partial charge is 0.392 e. The zero-order valence-corrected chi connectivity index (χ0v) is 15.2. The first-order chi connectivity index (χ1) is 14.1. The molecule has 0 fully saturated rings. The number of aromatic nitrogens is 2. The second kappa shape index (κ2) is 6.96. The Morgan fingerprint density at radius 1 is 1.30 bits per heavy atom. The first-order valence-corrected chi connectivity index (χ1v) is 8.95. The highest BCUT2D eigenvalue weighted by molar-refractivity contribution is 5.96. The van der Waals surface area contributed by atoms with Gasteiger partial charge in [0.15, 0.2) is 17.6 Å². The highest BCUT2D eigenvalue weighted by Crippen LogP contribution is 2.39. The van der Waals surface area contributed by atoms with Crippen molar-refractivity contribution in [3.05, 3.63) is 40.7 Å². The summed E-state index contributed by atoms with van der Waals surface area (Å²) in [6.07, 6.45) is -5.30. The molecule has 30 heavy (non-hydrogen) atoms. The Bertz CT molecular complexity index is 1050. The second-order valence-electron chi connectivity index (χ2n) is 7.14. The Hall–Kier alpha value is -3.18. The fourth-order valence-electron chi connectivity index (χ4n) is 3.80. The zero-order chi connectivity index (χ0) is 21.8. The molecule has 12 heteroatoms. The average Bonchev–Trinajstić information content (AvgIpc) is 2.94. The standard InChI is InChI=1S/C18H15F5N4O3/c19-8-4-10(20)15-13(5-8)30-6-12(17(29)25-15)27-11-2-1-7(18(21,22)23)3-9(11)14(26-27)16(24)28/h4-5,7,12H,1-3,6H2,(H2,24,28)(H,25,29)/t7?,12-/m0/s1. The molecule has 2 atom stereocenters. The molecule has 1 aromatic heterocycles. The zero-order valence-electron chi connectivity index (χ0n) is 15.2. The van der Waals surface area contributed by atoms with Crippen molar-refractivity contribution in [2.75, 3.05) is 11.9 Å². The Morgan fingerprint density at radius 3 is 2.70 bits per heavy atom. The third kappa shape index (κ3) is 3.35. The van der Waals surface area contributed by atoms with E-state index in [1.807, 2.05) is 0 Å². The number of nitrogens with one attached hydrogen (secondary N) is 1. The van der Waals surface area contributed by atoms with Gasteiger partial charge in [0.2, 0.25) is 0 Å². The van der Waals surface area contributed by atoms with Gasteiger partial charge >= 0.3 is 6.18 Å². The monoisotopic (exact) mass is 430 g/mol. The maximum absolute atomic E-state index is 14.0.